The third-order valence-electron chi connectivity index (χ3n) is 2.87. The Morgan fingerprint density at radius 2 is 1.59 bits per heavy atom. The summed E-state index contributed by atoms with van der Waals surface area (Å²) in [5.41, 5.74) is 0.357. The molecule has 1 atom stereocenters. The van der Waals surface area contributed by atoms with E-state index in [9.17, 15) is 5.11 Å². The van der Waals surface area contributed by atoms with Gasteiger partial charge in [0.05, 0.1) is 6.10 Å². The standard InChI is InChI=1S/C15H33NO/c1-13(2)8-6-9-14(17)10-7-11-16-12-15(3,4)5/h13-14,16-17H,6-12H2,1-5H3/t14-/m1/s1. The van der Waals surface area contributed by atoms with Crippen molar-refractivity contribution in [2.24, 2.45) is 11.3 Å². The second kappa shape index (κ2) is 8.93. The van der Waals surface area contributed by atoms with Gasteiger partial charge in [-0.25, -0.2) is 0 Å². The van der Waals surface area contributed by atoms with E-state index in [1.165, 1.54) is 6.42 Å². The molecule has 0 bridgehead atoms. The lowest BCUT2D eigenvalue weighted by atomic mass is 9.97. The zero-order chi connectivity index (χ0) is 13.3. The lowest BCUT2D eigenvalue weighted by Gasteiger charge is -2.19. The minimum absolute atomic E-state index is 0.0924. The molecule has 17 heavy (non-hydrogen) atoms. The van der Waals surface area contributed by atoms with Gasteiger partial charge in [-0.3, -0.25) is 0 Å². The molecule has 0 aromatic carbocycles. The van der Waals surface area contributed by atoms with Gasteiger partial charge in [0.15, 0.2) is 0 Å². The van der Waals surface area contributed by atoms with E-state index in [1.54, 1.807) is 0 Å². The summed E-state index contributed by atoms with van der Waals surface area (Å²) in [6.45, 7) is 13.3. The summed E-state index contributed by atoms with van der Waals surface area (Å²) in [4.78, 5) is 0. The predicted octanol–water partition coefficient (Wildman–Crippen LogP) is 3.59. The fourth-order valence-corrected chi connectivity index (χ4v) is 1.83. The molecular formula is C15H33NO. The third-order valence-corrected chi connectivity index (χ3v) is 2.87. The first kappa shape index (κ1) is 16.9. The summed E-state index contributed by atoms with van der Waals surface area (Å²) in [6, 6.07) is 0. The Hall–Kier alpha value is -0.0800. The maximum Gasteiger partial charge on any atom is 0.0540 e. The zero-order valence-corrected chi connectivity index (χ0v) is 12.6. The fourth-order valence-electron chi connectivity index (χ4n) is 1.83. The van der Waals surface area contributed by atoms with Crippen molar-refractivity contribution in [2.75, 3.05) is 13.1 Å². The van der Waals surface area contributed by atoms with Crippen LogP contribution in [0.2, 0.25) is 0 Å². The first-order valence-corrected chi connectivity index (χ1v) is 7.20. The first-order chi connectivity index (χ1) is 7.81. The molecule has 0 heterocycles. The van der Waals surface area contributed by atoms with Crippen molar-refractivity contribution in [3.63, 3.8) is 0 Å². The van der Waals surface area contributed by atoms with Crippen LogP contribution in [0.4, 0.5) is 0 Å². The average molecular weight is 243 g/mol. The van der Waals surface area contributed by atoms with Gasteiger partial charge >= 0.3 is 0 Å². The van der Waals surface area contributed by atoms with Crippen molar-refractivity contribution in [1.29, 1.82) is 0 Å². The van der Waals surface area contributed by atoms with Gasteiger partial charge in [0, 0.05) is 0 Å². The molecule has 2 heteroatoms. The van der Waals surface area contributed by atoms with Crippen LogP contribution in [0.3, 0.4) is 0 Å². The van der Waals surface area contributed by atoms with Crippen LogP contribution in [0.25, 0.3) is 0 Å². The van der Waals surface area contributed by atoms with Gasteiger partial charge in [0.25, 0.3) is 0 Å². The quantitative estimate of drug-likeness (QED) is 0.607. The fraction of sp³-hybridized carbons (Fsp3) is 1.00. The Morgan fingerprint density at radius 3 is 2.12 bits per heavy atom. The summed E-state index contributed by atoms with van der Waals surface area (Å²) in [5.74, 6) is 0.760. The lowest BCUT2D eigenvalue weighted by molar-refractivity contribution is 0.146. The molecule has 0 radical (unpaired) electrons. The van der Waals surface area contributed by atoms with E-state index in [-0.39, 0.29) is 6.10 Å². The minimum Gasteiger partial charge on any atom is -0.393 e. The molecule has 0 saturated carbocycles. The van der Waals surface area contributed by atoms with Gasteiger partial charge < -0.3 is 10.4 Å². The van der Waals surface area contributed by atoms with Crippen LogP contribution in [0.1, 0.15) is 66.7 Å². The molecule has 0 aliphatic carbocycles. The highest BCUT2D eigenvalue weighted by atomic mass is 16.3. The summed E-state index contributed by atoms with van der Waals surface area (Å²) in [6.07, 6.45) is 5.30. The SMILES string of the molecule is CC(C)CCC[C@@H](O)CCCNCC(C)(C)C. The highest BCUT2D eigenvalue weighted by molar-refractivity contribution is 4.65. The van der Waals surface area contributed by atoms with Gasteiger partial charge in [-0.2, -0.15) is 0 Å². The van der Waals surface area contributed by atoms with Crippen molar-refractivity contribution in [3.05, 3.63) is 0 Å². The van der Waals surface area contributed by atoms with Gasteiger partial charge in [-0.15, -0.1) is 0 Å². The molecule has 0 aliphatic rings. The monoisotopic (exact) mass is 243 g/mol. The zero-order valence-electron chi connectivity index (χ0n) is 12.6. The summed E-state index contributed by atoms with van der Waals surface area (Å²) < 4.78 is 0. The maximum absolute atomic E-state index is 9.79. The van der Waals surface area contributed by atoms with E-state index in [1.807, 2.05) is 0 Å². The molecule has 0 spiro atoms. The molecule has 0 rings (SSSR count). The summed E-state index contributed by atoms with van der Waals surface area (Å²) in [5, 5.41) is 13.2. The number of nitrogens with one attached hydrogen (secondary N) is 1. The molecule has 0 unspecified atom stereocenters. The van der Waals surface area contributed by atoms with Crippen LogP contribution in [0, 0.1) is 11.3 Å². The highest BCUT2D eigenvalue weighted by Crippen LogP contribution is 2.12. The maximum atomic E-state index is 9.79. The van der Waals surface area contributed by atoms with Crippen molar-refractivity contribution in [2.45, 2.75) is 72.8 Å². The minimum atomic E-state index is -0.0924. The first-order valence-electron chi connectivity index (χ1n) is 7.20. The Labute approximate surface area is 108 Å². The Morgan fingerprint density at radius 1 is 1.00 bits per heavy atom. The van der Waals surface area contributed by atoms with Crippen LogP contribution in [-0.2, 0) is 0 Å². The third kappa shape index (κ3) is 13.9. The van der Waals surface area contributed by atoms with E-state index < -0.39 is 0 Å². The van der Waals surface area contributed by atoms with Gasteiger partial charge in [0.1, 0.15) is 0 Å². The van der Waals surface area contributed by atoms with Crippen molar-refractivity contribution in [3.8, 4) is 0 Å². The van der Waals surface area contributed by atoms with E-state index in [2.05, 4.69) is 39.9 Å². The van der Waals surface area contributed by atoms with Crippen LogP contribution >= 0.6 is 0 Å². The predicted molar refractivity (Wildman–Crippen MR) is 76.3 cm³/mol. The molecular weight excluding hydrogens is 210 g/mol. The molecule has 0 aromatic rings. The molecule has 0 aromatic heterocycles. The van der Waals surface area contributed by atoms with Crippen molar-refractivity contribution >= 4 is 0 Å². The van der Waals surface area contributed by atoms with Gasteiger partial charge in [0.2, 0.25) is 0 Å². The van der Waals surface area contributed by atoms with E-state index in [0.29, 0.717) is 5.41 Å². The van der Waals surface area contributed by atoms with E-state index >= 15 is 0 Å². The molecule has 0 saturated heterocycles. The van der Waals surface area contributed by atoms with Crippen LogP contribution in [0.5, 0.6) is 0 Å². The topological polar surface area (TPSA) is 32.3 Å². The Bertz CT molecular complexity index is 172. The van der Waals surface area contributed by atoms with Gasteiger partial charge in [-0.1, -0.05) is 47.5 Å². The summed E-state index contributed by atoms with van der Waals surface area (Å²) in [7, 11) is 0. The highest BCUT2D eigenvalue weighted by Gasteiger charge is 2.09. The molecule has 2 N–H and O–H groups in total. The van der Waals surface area contributed by atoms with Crippen LogP contribution in [0.15, 0.2) is 0 Å². The number of hydrogen-bond acceptors (Lipinski definition) is 2. The average Bonchev–Trinajstić information content (AvgIpc) is 2.14. The Balaban J connectivity index is 3.30. The number of hydrogen-bond donors (Lipinski definition) is 2. The molecule has 2 nitrogen and oxygen atoms in total. The molecule has 0 fully saturated rings. The summed E-state index contributed by atoms with van der Waals surface area (Å²) >= 11 is 0. The largest absolute Gasteiger partial charge is 0.393 e. The normalized spacial score (nSPS) is 14.3. The van der Waals surface area contributed by atoms with Gasteiger partial charge in [-0.05, 0) is 43.7 Å². The van der Waals surface area contributed by atoms with Crippen molar-refractivity contribution < 1.29 is 5.11 Å². The number of aliphatic hydroxyl groups is 1. The molecule has 104 valence electrons. The van der Waals surface area contributed by atoms with E-state index in [4.69, 9.17) is 0 Å². The number of aliphatic hydroxyl groups excluding tert-OH is 1. The lowest BCUT2D eigenvalue weighted by Crippen LogP contribution is -2.28. The van der Waals surface area contributed by atoms with Crippen LogP contribution in [-0.4, -0.2) is 24.3 Å². The second-order valence-electron chi connectivity index (χ2n) is 6.86. The van der Waals surface area contributed by atoms with Crippen LogP contribution < -0.4 is 5.32 Å². The molecule has 0 amide bonds. The van der Waals surface area contributed by atoms with Crippen molar-refractivity contribution in [1.82, 2.24) is 5.32 Å². The Kier molecular flexibility index (Phi) is 8.89. The second-order valence-corrected chi connectivity index (χ2v) is 6.86. The van der Waals surface area contributed by atoms with E-state index in [0.717, 1.165) is 44.7 Å². The number of rotatable bonds is 9. The smallest absolute Gasteiger partial charge is 0.0540 e. The molecule has 0 aliphatic heterocycles.